The number of likely N-dealkylation sites (N-methyl/N-ethyl adjacent to an activating group) is 1. The number of likely N-dealkylation sites (tertiary alicyclic amines) is 1. The Bertz CT molecular complexity index is 959. The van der Waals surface area contributed by atoms with Crippen molar-refractivity contribution in [2.24, 2.45) is 0 Å². The van der Waals surface area contributed by atoms with Gasteiger partial charge in [-0.25, -0.2) is 8.42 Å². The molecule has 144 valence electrons. The number of rotatable bonds is 3. The third-order valence-electron chi connectivity index (χ3n) is 5.51. The monoisotopic (exact) mass is 388 g/mol. The fourth-order valence-corrected chi connectivity index (χ4v) is 5.95. The van der Waals surface area contributed by atoms with Crippen molar-refractivity contribution < 1.29 is 13.6 Å². The lowest BCUT2D eigenvalue weighted by Crippen LogP contribution is -2.47. The predicted octanol–water partition coefficient (Wildman–Crippen LogP) is 2.69. The Morgan fingerprint density at radius 3 is 2.56 bits per heavy atom. The fourth-order valence-electron chi connectivity index (χ4n) is 4.21. The second-order valence-corrected chi connectivity index (χ2v) is 9.17. The van der Waals surface area contributed by atoms with Gasteiger partial charge < -0.3 is 15.3 Å². The largest absolute Gasteiger partial charge is 0.733 e. The van der Waals surface area contributed by atoms with Gasteiger partial charge in [-0.15, -0.1) is 0 Å². The van der Waals surface area contributed by atoms with Crippen molar-refractivity contribution in [3.8, 4) is 0 Å². The molecule has 2 heterocycles. The number of hydrogen-bond acceptors (Lipinski definition) is 6. The summed E-state index contributed by atoms with van der Waals surface area (Å²) >= 11 is 0. The van der Waals surface area contributed by atoms with Crippen LogP contribution in [0.4, 0.5) is 11.4 Å². The molecule has 0 amide bonds. The minimum atomic E-state index is -3.78. The molecule has 2 aromatic rings. The fraction of sp³-hybridized carbons (Fsp3) is 0.368. The molecule has 4 rings (SSSR count). The lowest BCUT2D eigenvalue weighted by atomic mass is 9.89. The molecule has 1 fully saturated rings. The molecule has 0 aliphatic carbocycles. The van der Waals surface area contributed by atoms with Gasteiger partial charge >= 0.3 is 0 Å². The summed E-state index contributed by atoms with van der Waals surface area (Å²) < 4.78 is 28.5. The predicted molar refractivity (Wildman–Crippen MR) is 104 cm³/mol. The van der Waals surface area contributed by atoms with Gasteiger partial charge in [0.25, 0.3) is 10.0 Å². The Labute approximate surface area is 159 Å². The second kappa shape index (κ2) is 6.49. The zero-order chi connectivity index (χ0) is 19.3. The van der Waals surface area contributed by atoms with Gasteiger partial charge in [-0.1, -0.05) is 17.7 Å². The van der Waals surface area contributed by atoms with Crippen LogP contribution in [0.5, 0.6) is 0 Å². The van der Waals surface area contributed by atoms with Crippen LogP contribution in [0.1, 0.15) is 23.5 Å². The highest BCUT2D eigenvalue weighted by Crippen LogP contribution is 2.47. The maximum absolute atomic E-state index is 13.5. The number of piperidine rings is 1. The van der Waals surface area contributed by atoms with Gasteiger partial charge in [-0.2, -0.15) is 0 Å². The summed E-state index contributed by atoms with van der Waals surface area (Å²) in [6.45, 7) is 3.68. The molecule has 0 aromatic heterocycles. The highest BCUT2D eigenvalue weighted by Gasteiger charge is 2.46. The Kier molecular flexibility index (Phi) is 4.38. The lowest BCUT2D eigenvalue weighted by molar-refractivity contribution is 0.237. The molecule has 2 aliphatic heterocycles. The normalized spacial score (nSPS) is 22.4. The van der Waals surface area contributed by atoms with Crippen LogP contribution in [0.3, 0.4) is 0 Å². The molecule has 0 bridgehead atoms. The van der Waals surface area contributed by atoms with Gasteiger partial charge in [0, 0.05) is 12.5 Å². The van der Waals surface area contributed by atoms with E-state index in [0.717, 1.165) is 36.3 Å². The number of benzene rings is 2. The Balaban J connectivity index is 1.80. The molecule has 8 heteroatoms. The highest BCUT2D eigenvalue weighted by molar-refractivity contribution is 7.92. The molecule has 2 atom stereocenters. The number of sulfonamides is 1. The van der Waals surface area contributed by atoms with Crippen LogP contribution in [0.25, 0.3) is 0 Å². The van der Waals surface area contributed by atoms with Crippen LogP contribution in [0.2, 0.25) is 0 Å². The summed E-state index contributed by atoms with van der Waals surface area (Å²) in [4.78, 5) is 2.35. The van der Waals surface area contributed by atoms with E-state index in [9.17, 15) is 13.6 Å². The maximum atomic E-state index is 13.5. The zero-order valence-electron chi connectivity index (χ0n) is 15.2. The number of hydrogen-bond donors (Lipinski definition) is 1. The van der Waals surface area contributed by atoms with Crippen LogP contribution in [0, 0.1) is 12.1 Å². The molecule has 7 nitrogen and oxygen atoms in total. The molecule has 1 saturated heterocycles. The quantitative estimate of drug-likeness (QED) is 0.814. The van der Waals surface area contributed by atoms with Gasteiger partial charge in [0.2, 0.25) is 0 Å². The summed E-state index contributed by atoms with van der Waals surface area (Å²) in [5, 5.41) is 19.7. The van der Waals surface area contributed by atoms with Crippen molar-refractivity contribution in [3.63, 3.8) is 0 Å². The summed E-state index contributed by atoms with van der Waals surface area (Å²) in [6, 6.07) is 11.1. The van der Waals surface area contributed by atoms with Crippen LogP contribution in [0.15, 0.2) is 47.4 Å². The number of aryl methyl sites for hydroxylation is 1. The number of fused-ring (bicyclic) bond motifs is 3. The van der Waals surface area contributed by atoms with E-state index < -0.39 is 10.0 Å². The first-order valence-electron chi connectivity index (χ1n) is 8.89. The maximum Gasteiger partial charge on any atom is 0.264 e. The van der Waals surface area contributed by atoms with Gasteiger partial charge in [-0.05, 0) is 62.8 Å². The van der Waals surface area contributed by atoms with Gasteiger partial charge in [0.05, 0.1) is 22.3 Å². The second-order valence-electron chi connectivity index (χ2n) is 7.35. The van der Waals surface area contributed by atoms with E-state index in [4.69, 9.17) is 5.21 Å². The van der Waals surface area contributed by atoms with Crippen LogP contribution in [-0.4, -0.2) is 44.7 Å². The van der Waals surface area contributed by atoms with E-state index in [1.54, 1.807) is 4.31 Å². The SMILES string of the molecule is Cc1ccc2c(c1)[C@H]1CN(C)CC[C@H]1N2S(=O)(=O)c1ccc(N([O-])O)cc1. The molecule has 2 aromatic carbocycles. The summed E-state index contributed by atoms with van der Waals surface area (Å²) in [5.74, 6) is 0.141. The molecular formula is C19H22N3O4S-. The average molecular weight is 388 g/mol. The van der Waals surface area contributed by atoms with Crippen molar-refractivity contribution in [2.75, 3.05) is 29.7 Å². The summed E-state index contributed by atoms with van der Waals surface area (Å²) in [5.41, 5.74) is 2.92. The molecule has 27 heavy (non-hydrogen) atoms. The first kappa shape index (κ1) is 18.2. The van der Waals surface area contributed by atoms with E-state index in [0.29, 0.717) is 0 Å². The Morgan fingerprint density at radius 2 is 1.89 bits per heavy atom. The third-order valence-corrected chi connectivity index (χ3v) is 7.37. The smallest absolute Gasteiger partial charge is 0.264 e. The molecule has 0 saturated carbocycles. The first-order valence-corrected chi connectivity index (χ1v) is 10.3. The van der Waals surface area contributed by atoms with Crippen LogP contribution in [-0.2, 0) is 10.0 Å². The van der Waals surface area contributed by atoms with Crippen molar-refractivity contribution in [1.29, 1.82) is 0 Å². The van der Waals surface area contributed by atoms with Crippen molar-refractivity contribution >= 4 is 21.4 Å². The molecule has 0 radical (unpaired) electrons. The minimum absolute atomic E-state index is 0.0106. The van der Waals surface area contributed by atoms with Crippen LogP contribution < -0.4 is 9.53 Å². The van der Waals surface area contributed by atoms with Gasteiger partial charge in [0.1, 0.15) is 0 Å². The minimum Gasteiger partial charge on any atom is -0.733 e. The van der Waals surface area contributed by atoms with Crippen molar-refractivity contribution in [2.45, 2.75) is 30.2 Å². The number of anilines is 2. The first-order chi connectivity index (χ1) is 12.8. The van der Waals surface area contributed by atoms with Crippen molar-refractivity contribution in [3.05, 3.63) is 58.8 Å². The molecular weight excluding hydrogens is 366 g/mol. The zero-order valence-corrected chi connectivity index (χ0v) is 16.1. The highest BCUT2D eigenvalue weighted by atomic mass is 32.2. The van der Waals surface area contributed by atoms with Crippen LogP contribution >= 0.6 is 0 Å². The van der Waals surface area contributed by atoms with E-state index in [1.165, 1.54) is 24.3 Å². The Hall–Kier alpha value is -2.13. The molecule has 2 aliphatic rings. The average Bonchev–Trinajstić information content (AvgIpc) is 2.95. The summed E-state index contributed by atoms with van der Waals surface area (Å²) in [7, 11) is -1.72. The van der Waals surface area contributed by atoms with Gasteiger partial charge in [-0.3, -0.25) is 9.51 Å². The van der Waals surface area contributed by atoms with E-state index in [1.807, 2.05) is 19.1 Å². The van der Waals surface area contributed by atoms with Crippen molar-refractivity contribution in [1.82, 2.24) is 4.90 Å². The Morgan fingerprint density at radius 1 is 1.19 bits per heavy atom. The van der Waals surface area contributed by atoms with E-state index in [2.05, 4.69) is 18.0 Å². The number of nitrogens with zero attached hydrogens (tertiary/aromatic N) is 3. The standard InChI is InChI=1S/C19H22N3O4S/c1-13-3-8-18-16(11-13)17-12-20(2)10-9-19(17)21(18)27(25,26)15-6-4-14(5-7-15)22(23)24/h3-8,11,17,19,23H,9-10,12H2,1-2H3/q-1/t17-,19-/m1/s1. The summed E-state index contributed by atoms with van der Waals surface area (Å²) in [6.07, 6.45) is 0.761. The molecule has 0 unspecified atom stereocenters. The lowest BCUT2D eigenvalue weighted by Gasteiger charge is -2.36. The molecule has 0 spiro atoms. The van der Waals surface area contributed by atoms with E-state index in [-0.39, 0.29) is 27.8 Å². The molecule has 1 N–H and O–H groups in total. The third kappa shape index (κ3) is 2.98. The van der Waals surface area contributed by atoms with E-state index >= 15 is 0 Å². The topological polar surface area (TPSA) is 87.2 Å². The van der Waals surface area contributed by atoms with Gasteiger partial charge in [0.15, 0.2) is 0 Å².